The minimum absolute atomic E-state index is 0.547. The van der Waals surface area contributed by atoms with Crippen molar-refractivity contribution in [2.75, 3.05) is 0 Å². The number of rotatable bonds is 2. The van der Waals surface area contributed by atoms with Crippen LogP contribution in [0.25, 0.3) is 0 Å². The lowest BCUT2D eigenvalue weighted by Crippen LogP contribution is -2.03. The summed E-state index contributed by atoms with van der Waals surface area (Å²) in [5.74, 6) is 6.88. The highest BCUT2D eigenvalue weighted by atomic mass is 35.5. The summed E-state index contributed by atoms with van der Waals surface area (Å²) >= 11 is 6.39. The predicted octanol–water partition coefficient (Wildman–Crippen LogP) is 4.17. The highest BCUT2D eigenvalue weighted by Crippen LogP contribution is 2.33. The van der Waals surface area contributed by atoms with E-state index in [0.29, 0.717) is 5.92 Å². The Labute approximate surface area is 96.6 Å². The number of hydrogen-bond acceptors (Lipinski definition) is 0. The van der Waals surface area contributed by atoms with Crippen LogP contribution < -0.4 is 0 Å². The average molecular weight is 219 g/mol. The van der Waals surface area contributed by atoms with E-state index in [1.54, 1.807) is 0 Å². The maximum Gasteiger partial charge on any atom is 0.0473 e. The van der Waals surface area contributed by atoms with Gasteiger partial charge in [-0.05, 0) is 29.9 Å². The Balaban J connectivity index is 2.32. The summed E-state index contributed by atoms with van der Waals surface area (Å²) < 4.78 is 0. The third-order valence-corrected chi connectivity index (χ3v) is 3.48. The second-order valence-electron chi connectivity index (χ2n) is 3.97. The Hall–Kier alpha value is -0.930. The quantitative estimate of drug-likeness (QED) is 0.654. The Bertz CT molecular complexity index is 409. The second-order valence-corrected chi connectivity index (χ2v) is 4.35. The molecule has 0 radical (unpaired) electrons. The lowest BCUT2D eigenvalue weighted by Gasteiger charge is -2.18. The monoisotopic (exact) mass is 218 g/mol. The van der Waals surface area contributed by atoms with Crippen LogP contribution in [0.3, 0.4) is 0 Å². The number of aryl methyl sites for hydroxylation is 1. The number of halogens is 1. The van der Waals surface area contributed by atoms with Gasteiger partial charge in [-0.25, -0.2) is 0 Å². The van der Waals surface area contributed by atoms with Crippen molar-refractivity contribution in [3.8, 4) is 11.8 Å². The fraction of sp³-hybridized carbons (Fsp3) is 0.429. The van der Waals surface area contributed by atoms with Crippen LogP contribution in [0.4, 0.5) is 0 Å². The SMILES string of the molecule is CCc1cccc(C2CC#CCC2)c1Cl. The topological polar surface area (TPSA) is 0 Å². The van der Waals surface area contributed by atoms with Gasteiger partial charge in [0, 0.05) is 17.9 Å². The highest BCUT2D eigenvalue weighted by molar-refractivity contribution is 6.32. The summed E-state index contributed by atoms with van der Waals surface area (Å²) in [6, 6.07) is 6.38. The van der Waals surface area contributed by atoms with Crippen LogP contribution in [0.15, 0.2) is 18.2 Å². The molecule has 1 aromatic rings. The summed E-state index contributed by atoms with van der Waals surface area (Å²) in [6.07, 6.45) is 4.13. The van der Waals surface area contributed by atoms with Gasteiger partial charge in [-0.1, -0.05) is 36.7 Å². The predicted molar refractivity (Wildman–Crippen MR) is 65.2 cm³/mol. The lowest BCUT2D eigenvalue weighted by molar-refractivity contribution is 0.640. The fourth-order valence-corrected chi connectivity index (χ4v) is 2.50. The highest BCUT2D eigenvalue weighted by Gasteiger charge is 2.16. The lowest BCUT2D eigenvalue weighted by atomic mass is 9.88. The van der Waals surface area contributed by atoms with Gasteiger partial charge in [0.15, 0.2) is 0 Å². The molecule has 0 aliphatic heterocycles. The zero-order valence-corrected chi connectivity index (χ0v) is 9.77. The molecule has 0 aromatic heterocycles. The van der Waals surface area contributed by atoms with E-state index in [-0.39, 0.29) is 0 Å². The van der Waals surface area contributed by atoms with E-state index in [0.717, 1.165) is 30.7 Å². The molecule has 2 rings (SSSR count). The molecule has 0 N–H and O–H groups in total. The van der Waals surface area contributed by atoms with Crippen LogP contribution in [0, 0.1) is 11.8 Å². The summed E-state index contributed by atoms with van der Waals surface area (Å²) in [5.41, 5.74) is 2.55. The molecule has 15 heavy (non-hydrogen) atoms. The van der Waals surface area contributed by atoms with Gasteiger partial charge < -0.3 is 0 Å². The maximum atomic E-state index is 6.39. The Morgan fingerprint density at radius 2 is 2.27 bits per heavy atom. The molecule has 1 unspecified atom stereocenters. The second kappa shape index (κ2) is 4.73. The van der Waals surface area contributed by atoms with Gasteiger partial charge in [-0.3, -0.25) is 0 Å². The molecule has 0 saturated carbocycles. The van der Waals surface area contributed by atoms with Gasteiger partial charge in [-0.2, -0.15) is 0 Å². The van der Waals surface area contributed by atoms with Crippen molar-refractivity contribution in [2.45, 2.75) is 38.5 Å². The minimum Gasteiger partial charge on any atom is -0.103 e. The molecule has 1 atom stereocenters. The first-order valence-electron chi connectivity index (χ1n) is 5.56. The molecular formula is C14H15Cl. The molecule has 0 amide bonds. The van der Waals surface area contributed by atoms with E-state index >= 15 is 0 Å². The van der Waals surface area contributed by atoms with Crippen LogP contribution in [-0.2, 0) is 6.42 Å². The average Bonchev–Trinajstić information content (AvgIpc) is 2.30. The van der Waals surface area contributed by atoms with E-state index in [2.05, 4.69) is 37.0 Å². The Kier molecular flexibility index (Phi) is 3.34. The first-order chi connectivity index (χ1) is 7.33. The van der Waals surface area contributed by atoms with Crippen LogP contribution in [-0.4, -0.2) is 0 Å². The molecule has 1 aliphatic rings. The van der Waals surface area contributed by atoms with Gasteiger partial charge in [0.25, 0.3) is 0 Å². The molecule has 0 spiro atoms. The normalized spacial score (nSPS) is 19.5. The van der Waals surface area contributed by atoms with Gasteiger partial charge in [0.1, 0.15) is 0 Å². The van der Waals surface area contributed by atoms with Gasteiger partial charge >= 0.3 is 0 Å². The molecule has 0 heterocycles. The van der Waals surface area contributed by atoms with E-state index in [1.165, 1.54) is 11.1 Å². The number of hydrogen-bond donors (Lipinski definition) is 0. The summed E-state index contributed by atoms with van der Waals surface area (Å²) in [7, 11) is 0. The third-order valence-electron chi connectivity index (χ3n) is 3.02. The van der Waals surface area contributed by atoms with Crippen LogP contribution in [0.5, 0.6) is 0 Å². The largest absolute Gasteiger partial charge is 0.103 e. The van der Waals surface area contributed by atoms with Crippen molar-refractivity contribution in [1.29, 1.82) is 0 Å². The Morgan fingerprint density at radius 1 is 1.40 bits per heavy atom. The number of benzene rings is 1. The molecule has 1 aromatic carbocycles. The zero-order chi connectivity index (χ0) is 10.7. The molecule has 0 bridgehead atoms. The molecule has 1 aliphatic carbocycles. The van der Waals surface area contributed by atoms with Gasteiger partial charge in [-0.15, -0.1) is 11.8 Å². The van der Waals surface area contributed by atoms with E-state index < -0.39 is 0 Å². The first-order valence-corrected chi connectivity index (χ1v) is 5.93. The van der Waals surface area contributed by atoms with Crippen molar-refractivity contribution in [3.05, 3.63) is 34.3 Å². The molecule has 0 nitrogen and oxygen atoms in total. The van der Waals surface area contributed by atoms with E-state index in [9.17, 15) is 0 Å². The van der Waals surface area contributed by atoms with Crippen molar-refractivity contribution >= 4 is 11.6 Å². The van der Waals surface area contributed by atoms with Crippen molar-refractivity contribution in [3.63, 3.8) is 0 Å². The van der Waals surface area contributed by atoms with Crippen LogP contribution >= 0.6 is 11.6 Å². The third kappa shape index (κ3) is 2.19. The van der Waals surface area contributed by atoms with Crippen LogP contribution in [0.2, 0.25) is 5.02 Å². The minimum atomic E-state index is 0.547. The first kappa shape index (κ1) is 10.6. The fourth-order valence-electron chi connectivity index (χ4n) is 2.09. The van der Waals surface area contributed by atoms with Gasteiger partial charge in [0.2, 0.25) is 0 Å². The maximum absolute atomic E-state index is 6.39. The van der Waals surface area contributed by atoms with E-state index in [4.69, 9.17) is 11.6 Å². The smallest absolute Gasteiger partial charge is 0.0473 e. The van der Waals surface area contributed by atoms with Crippen LogP contribution in [0.1, 0.15) is 43.2 Å². The van der Waals surface area contributed by atoms with Gasteiger partial charge in [0.05, 0.1) is 0 Å². The molecule has 78 valence electrons. The summed E-state index contributed by atoms with van der Waals surface area (Å²) in [6.45, 7) is 2.14. The van der Waals surface area contributed by atoms with Crippen molar-refractivity contribution in [2.24, 2.45) is 0 Å². The molecule has 0 saturated heterocycles. The standard InChI is InChI=1S/C14H15Cl/c1-2-11-9-6-10-13(14(11)15)12-7-4-3-5-8-12/h6,9-10,12H,2,4,7-8H2,1H3. The Morgan fingerprint density at radius 3 is 2.93 bits per heavy atom. The summed E-state index contributed by atoms with van der Waals surface area (Å²) in [5, 5.41) is 0.966. The molecule has 1 heteroatoms. The van der Waals surface area contributed by atoms with Crippen molar-refractivity contribution < 1.29 is 0 Å². The summed E-state index contributed by atoms with van der Waals surface area (Å²) in [4.78, 5) is 0. The molecular weight excluding hydrogens is 204 g/mol. The van der Waals surface area contributed by atoms with E-state index in [1.807, 2.05) is 0 Å². The molecule has 0 fully saturated rings. The zero-order valence-electron chi connectivity index (χ0n) is 9.02. The van der Waals surface area contributed by atoms with Crippen molar-refractivity contribution in [1.82, 2.24) is 0 Å².